The Morgan fingerprint density at radius 3 is 1.58 bits per heavy atom. The summed E-state index contributed by atoms with van der Waals surface area (Å²) in [5.74, 6) is 0.937. The van der Waals surface area contributed by atoms with E-state index < -0.39 is 0 Å². The highest BCUT2D eigenvalue weighted by atomic mass is 16.5. The van der Waals surface area contributed by atoms with Gasteiger partial charge in [-0.05, 0) is 72.9 Å². The normalized spacial score (nSPS) is 11.8. The molecule has 0 N–H and O–H groups in total. The van der Waals surface area contributed by atoms with Crippen molar-refractivity contribution in [1.82, 2.24) is 0 Å². The number of esters is 1. The van der Waals surface area contributed by atoms with Gasteiger partial charge in [0.25, 0.3) is 0 Å². The van der Waals surface area contributed by atoms with Gasteiger partial charge in [-0.1, -0.05) is 127 Å². The second-order valence-electron chi connectivity index (χ2n) is 11.7. The third kappa shape index (κ3) is 13.4. The number of carbonyl (C=O) groups is 1. The van der Waals surface area contributed by atoms with Gasteiger partial charge in [-0.25, -0.2) is 4.79 Å². The number of hydrogen-bond acceptors (Lipinski definition) is 4. The summed E-state index contributed by atoms with van der Waals surface area (Å²) in [5, 5.41) is 0. The van der Waals surface area contributed by atoms with Gasteiger partial charge in [0.15, 0.2) is 0 Å². The van der Waals surface area contributed by atoms with Crippen molar-refractivity contribution in [2.24, 2.45) is 0 Å². The molecule has 3 aromatic carbocycles. The summed E-state index contributed by atoms with van der Waals surface area (Å²) < 4.78 is 17.5. The Labute approximate surface area is 261 Å². The van der Waals surface area contributed by atoms with Crippen LogP contribution < -0.4 is 9.47 Å². The van der Waals surface area contributed by atoms with Crippen LogP contribution in [0.5, 0.6) is 11.5 Å². The topological polar surface area (TPSA) is 44.8 Å². The molecule has 0 fully saturated rings. The average molecular weight is 587 g/mol. The molecule has 0 aliphatic carbocycles. The van der Waals surface area contributed by atoms with Gasteiger partial charge in [-0.15, -0.1) is 0 Å². The van der Waals surface area contributed by atoms with E-state index in [1.54, 1.807) is 12.1 Å². The molecule has 3 rings (SSSR count). The fourth-order valence-corrected chi connectivity index (χ4v) is 5.18. The standard InChI is InChI=1S/C39H54O4/c1-4-6-8-10-12-13-15-17-31-42-37-26-24-36(25-27-37)39(40)43-38-28-22-35(23-29-38)34-20-18-33(19-21-34)32(3)41-30-16-14-11-9-7-5-2/h18-29,32H,4-17,30-31H2,1-3H3. The van der Waals surface area contributed by atoms with Crippen molar-refractivity contribution in [3.63, 3.8) is 0 Å². The second-order valence-corrected chi connectivity index (χ2v) is 11.7. The highest BCUT2D eigenvalue weighted by molar-refractivity contribution is 5.91. The van der Waals surface area contributed by atoms with E-state index >= 15 is 0 Å². The molecule has 1 atom stereocenters. The summed E-state index contributed by atoms with van der Waals surface area (Å²) in [6.07, 6.45) is 17.9. The molecule has 43 heavy (non-hydrogen) atoms. The zero-order valence-corrected chi connectivity index (χ0v) is 27.0. The van der Waals surface area contributed by atoms with E-state index in [0.717, 1.165) is 36.3 Å². The third-order valence-corrected chi connectivity index (χ3v) is 8.00. The fraction of sp³-hybridized carbons (Fsp3) is 0.513. The number of benzene rings is 3. The van der Waals surface area contributed by atoms with Crippen LogP contribution in [0, 0.1) is 0 Å². The van der Waals surface area contributed by atoms with Crippen molar-refractivity contribution in [1.29, 1.82) is 0 Å². The van der Waals surface area contributed by atoms with E-state index in [4.69, 9.17) is 14.2 Å². The van der Waals surface area contributed by atoms with Crippen LogP contribution in [0.25, 0.3) is 11.1 Å². The Kier molecular flexibility index (Phi) is 16.6. The SMILES string of the molecule is CCCCCCCCCCOc1ccc(C(=O)Oc2ccc(-c3ccc(C(C)OCCCCCCCC)cc3)cc2)cc1. The summed E-state index contributed by atoms with van der Waals surface area (Å²) in [5.41, 5.74) is 3.88. The molecule has 0 aliphatic heterocycles. The van der Waals surface area contributed by atoms with Crippen molar-refractivity contribution < 1.29 is 19.0 Å². The zero-order valence-electron chi connectivity index (χ0n) is 27.0. The molecule has 0 aromatic heterocycles. The predicted molar refractivity (Wildman–Crippen MR) is 179 cm³/mol. The van der Waals surface area contributed by atoms with Crippen LogP contribution in [-0.2, 0) is 4.74 Å². The Bertz CT molecular complexity index is 1140. The van der Waals surface area contributed by atoms with Crippen molar-refractivity contribution >= 4 is 5.97 Å². The largest absolute Gasteiger partial charge is 0.494 e. The van der Waals surface area contributed by atoms with Crippen LogP contribution in [-0.4, -0.2) is 19.2 Å². The molecule has 0 heterocycles. The van der Waals surface area contributed by atoms with Crippen LogP contribution in [0.1, 0.15) is 133 Å². The molecule has 0 spiro atoms. The third-order valence-electron chi connectivity index (χ3n) is 8.00. The minimum Gasteiger partial charge on any atom is -0.494 e. The molecule has 4 heteroatoms. The average Bonchev–Trinajstić information content (AvgIpc) is 3.04. The zero-order chi connectivity index (χ0) is 30.5. The fourth-order valence-electron chi connectivity index (χ4n) is 5.18. The minimum absolute atomic E-state index is 0.0852. The van der Waals surface area contributed by atoms with Gasteiger partial charge in [-0.3, -0.25) is 0 Å². The van der Waals surface area contributed by atoms with E-state index in [1.165, 1.54) is 82.6 Å². The van der Waals surface area contributed by atoms with E-state index in [9.17, 15) is 4.79 Å². The Balaban J connectivity index is 1.37. The van der Waals surface area contributed by atoms with Gasteiger partial charge in [-0.2, -0.15) is 0 Å². The second kappa shape index (κ2) is 20.7. The van der Waals surface area contributed by atoms with Gasteiger partial charge >= 0.3 is 5.97 Å². The highest BCUT2D eigenvalue weighted by Gasteiger charge is 2.10. The summed E-state index contributed by atoms with van der Waals surface area (Å²) in [4.78, 5) is 12.7. The number of ether oxygens (including phenoxy) is 3. The van der Waals surface area contributed by atoms with Crippen molar-refractivity contribution in [3.8, 4) is 22.6 Å². The Morgan fingerprint density at radius 1 is 0.558 bits per heavy atom. The number of unbranched alkanes of at least 4 members (excludes halogenated alkanes) is 12. The van der Waals surface area contributed by atoms with Gasteiger partial charge in [0.2, 0.25) is 0 Å². The lowest BCUT2D eigenvalue weighted by atomic mass is 10.0. The van der Waals surface area contributed by atoms with Crippen LogP contribution in [0.3, 0.4) is 0 Å². The maximum atomic E-state index is 12.7. The molecular weight excluding hydrogens is 532 g/mol. The summed E-state index contributed by atoms with van der Waals surface area (Å²) in [6.45, 7) is 8.14. The maximum absolute atomic E-state index is 12.7. The van der Waals surface area contributed by atoms with Crippen molar-refractivity contribution in [3.05, 3.63) is 83.9 Å². The quantitative estimate of drug-likeness (QED) is 0.0667. The van der Waals surface area contributed by atoms with Crippen LogP contribution >= 0.6 is 0 Å². The van der Waals surface area contributed by atoms with E-state index in [1.807, 2.05) is 36.4 Å². The van der Waals surface area contributed by atoms with Gasteiger partial charge < -0.3 is 14.2 Å². The molecule has 0 amide bonds. The molecule has 0 aliphatic rings. The van der Waals surface area contributed by atoms with Crippen molar-refractivity contribution in [2.75, 3.05) is 13.2 Å². The molecule has 0 bridgehead atoms. The minimum atomic E-state index is -0.373. The van der Waals surface area contributed by atoms with Gasteiger partial charge in [0, 0.05) is 6.61 Å². The number of rotatable bonds is 22. The smallest absolute Gasteiger partial charge is 0.343 e. The molecule has 0 saturated carbocycles. The summed E-state index contributed by atoms with van der Waals surface area (Å²) in [6, 6.07) is 23.4. The van der Waals surface area contributed by atoms with E-state index in [2.05, 4.69) is 45.0 Å². The molecule has 0 radical (unpaired) electrons. The van der Waals surface area contributed by atoms with Gasteiger partial charge in [0.05, 0.1) is 18.3 Å². The maximum Gasteiger partial charge on any atom is 0.343 e. The monoisotopic (exact) mass is 586 g/mol. The van der Waals surface area contributed by atoms with Crippen molar-refractivity contribution in [2.45, 2.75) is 117 Å². The Hall–Kier alpha value is -3.11. The highest BCUT2D eigenvalue weighted by Crippen LogP contribution is 2.26. The van der Waals surface area contributed by atoms with Crippen LogP contribution in [0.2, 0.25) is 0 Å². The number of carbonyl (C=O) groups excluding carboxylic acids is 1. The first-order valence-corrected chi connectivity index (χ1v) is 16.9. The van der Waals surface area contributed by atoms with E-state index in [-0.39, 0.29) is 12.1 Å². The Morgan fingerprint density at radius 2 is 1.02 bits per heavy atom. The first-order chi connectivity index (χ1) is 21.1. The van der Waals surface area contributed by atoms with E-state index in [0.29, 0.717) is 17.9 Å². The molecule has 4 nitrogen and oxygen atoms in total. The molecule has 1 unspecified atom stereocenters. The summed E-state index contributed by atoms with van der Waals surface area (Å²) in [7, 11) is 0. The molecule has 0 saturated heterocycles. The number of hydrogen-bond donors (Lipinski definition) is 0. The van der Waals surface area contributed by atoms with Gasteiger partial charge in [0.1, 0.15) is 11.5 Å². The van der Waals surface area contributed by atoms with Crippen LogP contribution in [0.4, 0.5) is 0 Å². The lowest BCUT2D eigenvalue weighted by molar-refractivity contribution is 0.0627. The molecule has 234 valence electrons. The predicted octanol–water partition coefficient (Wildman–Crippen LogP) is 11.5. The molecular formula is C39H54O4. The lowest BCUT2D eigenvalue weighted by Crippen LogP contribution is -2.08. The van der Waals surface area contributed by atoms with Crippen LogP contribution in [0.15, 0.2) is 72.8 Å². The first-order valence-electron chi connectivity index (χ1n) is 16.9. The molecule has 3 aromatic rings. The lowest BCUT2D eigenvalue weighted by Gasteiger charge is -2.14. The summed E-state index contributed by atoms with van der Waals surface area (Å²) >= 11 is 0. The first kappa shape index (κ1) is 34.4.